The van der Waals surface area contributed by atoms with Crippen LogP contribution in [-0.2, 0) is 0 Å². The van der Waals surface area contributed by atoms with Crippen LogP contribution in [0.25, 0.3) is 5.65 Å². The van der Waals surface area contributed by atoms with Crippen molar-refractivity contribution in [3.63, 3.8) is 0 Å². The van der Waals surface area contributed by atoms with Gasteiger partial charge in [0.1, 0.15) is 5.82 Å². The highest BCUT2D eigenvalue weighted by Gasteiger charge is 2.21. The molecule has 132 valence electrons. The predicted molar refractivity (Wildman–Crippen MR) is 94.8 cm³/mol. The van der Waals surface area contributed by atoms with Gasteiger partial charge in [0.25, 0.3) is 0 Å². The zero-order valence-electron chi connectivity index (χ0n) is 14.9. The fraction of sp³-hybridized carbons (Fsp3) is 0.368. The van der Waals surface area contributed by atoms with Gasteiger partial charge in [-0.25, -0.2) is 13.9 Å². The molecular formula is C19H23FN4O. The molecule has 2 N–H and O–H groups in total. The lowest BCUT2D eigenvalue weighted by molar-refractivity contribution is 0.130. The van der Waals surface area contributed by atoms with Crippen LogP contribution in [0.15, 0.2) is 36.5 Å². The molecule has 2 aromatic heterocycles. The number of fused-ring (bicyclic) bond motifs is 1. The van der Waals surface area contributed by atoms with Gasteiger partial charge in [0.2, 0.25) is 0 Å². The topological polar surface area (TPSA) is 62.5 Å². The second kappa shape index (κ2) is 6.90. The van der Waals surface area contributed by atoms with E-state index in [2.05, 4.69) is 15.4 Å². The van der Waals surface area contributed by atoms with Crippen LogP contribution < -0.4 is 5.32 Å². The summed E-state index contributed by atoms with van der Waals surface area (Å²) in [5.41, 5.74) is 4.47. The third-order valence-electron chi connectivity index (χ3n) is 4.55. The molecule has 0 bridgehead atoms. The Balaban J connectivity index is 1.78. The Kier molecular flexibility index (Phi) is 4.83. The van der Waals surface area contributed by atoms with Crippen LogP contribution in [0.2, 0.25) is 0 Å². The molecule has 3 rings (SSSR count). The van der Waals surface area contributed by atoms with Crippen molar-refractivity contribution in [1.82, 2.24) is 19.9 Å². The third-order valence-corrected chi connectivity index (χ3v) is 4.55. The van der Waals surface area contributed by atoms with Gasteiger partial charge in [-0.3, -0.25) is 0 Å². The molecule has 0 aliphatic heterocycles. The Labute approximate surface area is 146 Å². The third kappa shape index (κ3) is 3.55. The average molecular weight is 342 g/mol. The van der Waals surface area contributed by atoms with Crippen molar-refractivity contribution in [3.05, 3.63) is 64.9 Å². The maximum absolute atomic E-state index is 13.0. The second-order valence-electron chi connectivity index (χ2n) is 6.53. The highest BCUT2D eigenvalue weighted by Crippen LogP contribution is 2.22. The van der Waals surface area contributed by atoms with Gasteiger partial charge in [0, 0.05) is 35.6 Å². The van der Waals surface area contributed by atoms with Gasteiger partial charge in [-0.1, -0.05) is 12.1 Å². The zero-order valence-corrected chi connectivity index (χ0v) is 14.9. The van der Waals surface area contributed by atoms with Gasteiger partial charge >= 0.3 is 0 Å². The van der Waals surface area contributed by atoms with E-state index >= 15 is 0 Å². The van der Waals surface area contributed by atoms with Gasteiger partial charge in [-0.05, 0) is 45.4 Å². The molecule has 3 aromatic rings. The van der Waals surface area contributed by atoms with E-state index in [0.717, 1.165) is 22.6 Å². The second-order valence-corrected chi connectivity index (χ2v) is 6.53. The number of halogens is 1. The monoisotopic (exact) mass is 342 g/mol. The van der Waals surface area contributed by atoms with Crippen molar-refractivity contribution in [2.45, 2.75) is 45.9 Å². The fourth-order valence-corrected chi connectivity index (χ4v) is 3.12. The Bertz CT molecular complexity index is 875. The van der Waals surface area contributed by atoms with Crippen molar-refractivity contribution < 1.29 is 9.50 Å². The minimum absolute atomic E-state index is 0.0218. The summed E-state index contributed by atoms with van der Waals surface area (Å²) in [5.74, 6) is -0.311. The molecule has 0 radical (unpaired) electrons. The number of hydrogen-bond donors (Lipinski definition) is 2. The first-order valence-corrected chi connectivity index (χ1v) is 8.38. The number of benzene rings is 1. The lowest BCUT2D eigenvalue weighted by Gasteiger charge is -2.25. The van der Waals surface area contributed by atoms with E-state index in [1.165, 1.54) is 12.1 Å². The SMILES string of the molecule is Cc1cc2ncc(C(C)NC(C)C(O)c3ccc(F)cc3)c(C)n2n1. The van der Waals surface area contributed by atoms with Crippen molar-refractivity contribution in [2.24, 2.45) is 0 Å². The van der Waals surface area contributed by atoms with Crippen molar-refractivity contribution in [2.75, 3.05) is 0 Å². The number of hydrogen-bond acceptors (Lipinski definition) is 4. The van der Waals surface area contributed by atoms with Crippen LogP contribution in [-0.4, -0.2) is 25.7 Å². The van der Waals surface area contributed by atoms with Crippen LogP contribution in [0.4, 0.5) is 4.39 Å². The van der Waals surface area contributed by atoms with E-state index in [1.807, 2.05) is 44.5 Å². The maximum atomic E-state index is 13.0. The van der Waals surface area contributed by atoms with Crippen LogP contribution in [0.3, 0.4) is 0 Å². The maximum Gasteiger partial charge on any atom is 0.155 e. The molecule has 0 saturated heterocycles. The van der Waals surface area contributed by atoms with Gasteiger partial charge in [-0.2, -0.15) is 5.10 Å². The lowest BCUT2D eigenvalue weighted by atomic mass is 10.0. The molecule has 1 aromatic carbocycles. The molecule has 0 amide bonds. The number of rotatable bonds is 5. The van der Waals surface area contributed by atoms with E-state index in [4.69, 9.17) is 0 Å². The van der Waals surface area contributed by atoms with E-state index in [0.29, 0.717) is 5.56 Å². The van der Waals surface area contributed by atoms with Gasteiger partial charge in [0.05, 0.1) is 11.8 Å². The predicted octanol–water partition coefficient (Wildman–Crippen LogP) is 3.26. The molecule has 0 aliphatic rings. The lowest BCUT2D eigenvalue weighted by Crippen LogP contribution is -2.34. The average Bonchev–Trinajstić information content (AvgIpc) is 2.96. The van der Waals surface area contributed by atoms with E-state index in [9.17, 15) is 9.50 Å². The first-order chi connectivity index (χ1) is 11.9. The number of nitrogens with one attached hydrogen (secondary N) is 1. The van der Waals surface area contributed by atoms with Crippen molar-refractivity contribution in [1.29, 1.82) is 0 Å². The van der Waals surface area contributed by atoms with Crippen LogP contribution in [0, 0.1) is 19.7 Å². The molecule has 0 aliphatic carbocycles. The molecule has 0 spiro atoms. The first kappa shape index (κ1) is 17.5. The minimum Gasteiger partial charge on any atom is -0.387 e. The summed E-state index contributed by atoms with van der Waals surface area (Å²) in [6.45, 7) is 7.89. The molecule has 25 heavy (non-hydrogen) atoms. The Morgan fingerprint density at radius 2 is 1.84 bits per heavy atom. The van der Waals surface area contributed by atoms with E-state index in [-0.39, 0.29) is 17.9 Å². The number of aryl methyl sites for hydroxylation is 2. The smallest absolute Gasteiger partial charge is 0.155 e. The van der Waals surface area contributed by atoms with Crippen LogP contribution >= 0.6 is 0 Å². The molecule has 2 heterocycles. The Morgan fingerprint density at radius 1 is 1.16 bits per heavy atom. The Hall–Kier alpha value is -2.31. The number of nitrogens with zero attached hydrogens (tertiary/aromatic N) is 3. The summed E-state index contributed by atoms with van der Waals surface area (Å²) in [5, 5.41) is 18.4. The highest BCUT2D eigenvalue weighted by atomic mass is 19.1. The normalized spacial score (nSPS) is 15.3. The minimum atomic E-state index is -0.730. The van der Waals surface area contributed by atoms with Crippen molar-refractivity contribution >= 4 is 5.65 Å². The molecular weight excluding hydrogens is 319 g/mol. The van der Waals surface area contributed by atoms with Gasteiger partial charge in [0.15, 0.2) is 5.65 Å². The molecule has 5 nitrogen and oxygen atoms in total. The molecule has 6 heteroatoms. The first-order valence-electron chi connectivity index (χ1n) is 8.38. The summed E-state index contributed by atoms with van der Waals surface area (Å²) >= 11 is 0. The van der Waals surface area contributed by atoms with Crippen LogP contribution in [0.1, 0.15) is 48.5 Å². The number of aromatic nitrogens is 3. The fourth-order valence-electron chi connectivity index (χ4n) is 3.12. The van der Waals surface area contributed by atoms with Crippen LogP contribution in [0.5, 0.6) is 0 Å². The number of aliphatic hydroxyl groups excluding tert-OH is 1. The van der Waals surface area contributed by atoms with Gasteiger partial charge < -0.3 is 10.4 Å². The summed E-state index contributed by atoms with van der Waals surface area (Å²) in [7, 11) is 0. The molecule has 3 atom stereocenters. The summed E-state index contributed by atoms with van der Waals surface area (Å²) in [6, 6.07) is 7.63. The summed E-state index contributed by atoms with van der Waals surface area (Å²) in [4.78, 5) is 4.46. The highest BCUT2D eigenvalue weighted by molar-refractivity contribution is 5.42. The van der Waals surface area contributed by atoms with E-state index in [1.54, 1.807) is 12.1 Å². The van der Waals surface area contributed by atoms with E-state index < -0.39 is 6.10 Å². The molecule has 3 unspecified atom stereocenters. The summed E-state index contributed by atoms with van der Waals surface area (Å²) < 4.78 is 14.9. The zero-order chi connectivity index (χ0) is 18.1. The molecule has 0 saturated carbocycles. The summed E-state index contributed by atoms with van der Waals surface area (Å²) in [6.07, 6.45) is 1.12. The largest absolute Gasteiger partial charge is 0.387 e. The molecule has 0 fully saturated rings. The standard InChI is InChI=1S/C19H23FN4O/c1-11-9-18-21-10-17(14(4)24(18)23-11)12(2)22-13(3)19(25)15-5-7-16(20)8-6-15/h5-10,12-13,19,22,25H,1-4H3. The Morgan fingerprint density at radius 3 is 2.52 bits per heavy atom. The number of aliphatic hydroxyl groups is 1. The van der Waals surface area contributed by atoms with Crippen molar-refractivity contribution in [3.8, 4) is 0 Å². The van der Waals surface area contributed by atoms with Gasteiger partial charge in [-0.15, -0.1) is 0 Å². The quantitative estimate of drug-likeness (QED) is 0.747.